The van der Waals surface area contributed by atoms with Crippen molar-refractivity contribution in [3.05, 3.63) is 36.0 Å². The van der Waals surface area contributed by atoms with Crippen LogP contribution in [0.1, 0.15) is 12.0 Å². The highest BCUT2D eigenvalue weighted by molar-refractivity contribution is 7.99. The fourth-order valence-corrected chi connectivity index (χ4v) is 2.93. The van der Waals surface area contributed by atoms with Gasteiger partial charge in [-0.25, -0.2) is 4.98 Å². The molecule has 0 saturated carbocycles. The number of benzene rings is 1. The van der Waals surface area contributed by atoms with Crippen LogP contribution in [0.2, 0.25) is 0 Å². The molecule has 0 aliphatic heterocycles. The fourth-order valence-electron chi connectivity index (χ4n) is 2.14. The molecule has 0 bridgehead atoms. The third-order valence-electron chi connectivity index (χ3n) is 3.47. The summed E-state index contributed by atoms with van der Waals surface area (Å²) >= 11 is 1.45. The van der Waals surface area contributed by atoms with Crippen LogP contribution in [-0.4, -0.2) is 41.5 Å². The van der Waals surface area contributed by atoms with Crippen molar-refractivity contribution < 1.29 is 9.53 Å². The number of ether oxygens (including phenoxy) is 1. The van der Waals surface area contributed by atoms with Crippen molar-refractivity contribution in [3.8, 4) is 11.3 Å². The predicted molar refractivity (Wildman–Crippen MR) is 93.6 cm³/mol. The largest absolute Gasteiger partial charge is 0.385 e. The Morgan fingerprint density at radius 2 is 2.09 bits per heavy atom. The molecule has 1 aromatic carbocycles. The van der Waals surface area contributed by atoms with Crippen LogP contribution in [0.5, 0.6) is 0 Å². The molecular formula is C17H23N3O2S. The molecule has 1 aromatic heterocycles. The molecule has 1 amide bonds. The number of thioether (sulfide) groups is 1. The van der Waals surface area contributed by atoms with Gasteiger partial charge >= 0.3 is 0 Å². The first kappa shape index (κ1) is 17.6. The number of aryl methyl sites for hydroxylation is 1. The number of hydrogen-bond acceptors (Lipinski definition) is 4. The number of amides is 1. The fraction of sp³-hybridized carbons (Fsp3) is 0.412. The topological polar surface area (TPSA) is 56.1 Å². The van der Waals surface area contributed by atoms with Crippen LogP contribution < -0.4 is 5.32 Å². The highest BCUT2D eigenvalue weighted by Gasteiger charge is 2.11. The Morgan fingerprint density at radius 1 is 1.35 bits per heavy atom. The second-order valence-electron chi connectivity index (χ2n) is 5.34. The van der Waals surface area contributed by atoms with E-state index in [0.29, 0.717) is 18.9 Å². The van der Waals surface area contributed by atoms with Crippen molar-refractivity contribution in [2.24, 2.45) is 7.05 Å². The lowest BCUT2D eigenvalue weighted by Crippen LogP contribution is -2.26. The molecule has 0 unspecified atom stereocenters. The van der Waals surface area contributed by atoms with Gasteiger partial charge in [0, 0.05) is 27.3 Å². The van der Waals surface area contributed by atoms with E-state index in [9.17, 15) is 4.79 Å². The molecule has 1 N–H and O–H groups in total. The Morgan fingerprint density at radius 3 is 2.78 bits per heavy atom. The molecule has 6 heteroatoms. The maximum atomic E-state index is 11.8. The van der Waals surface area contributed by atoms with E-state index >= 15 is 0 Å². The molecule has 0 fully saturated rings. The molecule has 1 heterocycles. The van der Waals surface area contributed by atoms with Crippen molar-refractivity contribution in [3.63, 3.8) is 0 Å². The van der Waals surface area contributed by atoms with E-state index in [1.165, 1.54) is 17.3 Å². The maximum absolute atomic E-state index is 11.8. The van der Waals surface area contributed by atoms with Crippen molar-refractivity contribution in [1.82, 2.24) is 14.9 Å². The minimum atomic E-state index is 0.0194. The number of carbonyl (C=O) groups is 1. The molecule has 124 valence electrons. The number of aromatic nitrogens is 2. The highest BCUT2D eigenvalue weighted by atomic mass is 32.2. The number of carbonyl (C=O) groups excluding carboxylic acids is 1. The van der Waals surface area contributed by atoms with E-state index in [1.54, 1.807) is 7.11 Å². The second-order valence-corrected chi connectivity index (χ2v) is 6.28. The van der Waals surface area contributed by atoms with Gasteiger partial charge < -0.3 is 14.6 Å². The predicted octanol–water partition coefficient (Wildman–Crippen LogP) is 2.64. The molecule has 0 aliphatic carbocycles. The zero-order valence-electron chi connectivity index (χ0n) is 13.8. The van der Waals surface area contributed by atoms with E-state index in [2.05, 4.69) is 41.5 Å². The van der Waals surface area contributed by atoms with Gasteiger partial charge in [0.15, 0.2) is 5.16 Å². The quantitative estimate of drug-likeness (QED) is 0.596. The van der Waals surface area contributed by atoms with E-state index in [-0.39, 0.29) is 5.91 Å². The van der Waals surface area contributed by atoms with Crippen molar-refractivity contribution in [1.29, 1.82) is 0 Å². The Labute approximate surface area is 141 Å². The molecule has 0 radical (unpaired) electrons. The van der Waals surface area contributed by atoms with Crippen LogP contribution >= 0.6 is 11.8 Å². The van der Waals surface area contributed by atoms with Gasteiger partial charge in [-0.05, 0) is 18.9 Å². The van der Waals surface area contributed by atoms with Gasteiger partial charge in [-0.3, -0.25) is 4.79 Å². The summed E-state index contributed by atoms with van der Waals surface area (Å²) in [5.74, 6) is 0.386. The Hall–Kier alpha value is -1.79. The maximum Gasteiger partial charge on any atom is 0.230 e. The minimum Gasteiger partial charge on any atom is -0.385 e. The lowest BCUT2D eigenvalue weighted by atomic mass is 10.1. The summed E-state index contributed by atoms with van der Waals surface area (Å²) in [5.41, 5.74) is 3.41. The summed E-state index contributed by atoms with van der Waals surface area (Å²) in [6.07, 6.45) is 2.68. The normalized spacial score (nSPS) is 10.7. The van der Waals surface area contributed by atoms with Crippen molar-refractivity contribution in [2.45, 2.75) is 18.5 Å². The smallest absolute Gasteiger partial charge is 0.230 e. The summed E-state index contributed by atoms with van der Waals surface area (Å²) in [7, 11) is 3.63. The van der Waals surface area contributed by atoms with Gasteiger partial charge in [-0.1, -0.05) is 41.6 Å². The zero-order valence-corrected chi connectivity index (χ0v) is 14.7. The molecule has 5 nitrogen and oxygen atoms in total. The van der Waals surface area contributed by atoms with E-state index in [1.807, 2.05) is 17.8 Å². The third-order valence-corrected chi connectivity index (χ3v) is 4.52. The monoisotopic (exact) mass is 333 g/mol. The van der Waals surface area contributed by atoms with Crippen LogP contribution in [-0.2, 0) is 16.6 Å². The summed E-state index contributed by atoms with van der Waals surface area (Å²) in [5, 5.41) is 3.72. The van der Waals surface area contributed by atoms with Gasteiger partial charge in [0.25, 0.3) is 0 Å². The van der Waals surface area contributed by atoms with Crippen molar-refractivity contribution in [2.75, 3.05) is 26.0 Å². The van der Waals surface area contributed by atoms with E-state index in [0.717, 1.165) is 22.8 Å². The van der Waals surface area contributed by atoms with Gasteiger partial charge in [0.05, 0.1) is 17.6 Å². The SMILES string of the molecule is COCCCNC(=O)CSc1ncc(-c2ccc(C)cc2)n1C. The molecular weight excluding hydrogens is 310 g/mol. The number of nitrogens with zero attached hydrogens (tertiary/aromatic N) is 2. The standard InChI is InChI=1S/C17H23N3O2S/c1-13-5-7-14(8-6-13)15-11-19-17(20(15)2)23-12-16(21)18-9-4-10-22-3/h5-8,11H,4,9-10,12H2,1-3H3,(H,18,21). The number of imidazole rings is 1. The third kappa shape index (κ3) is 5.11. The van der Waals surface area contributed by atoms with Crippen LogP contribution in [0.3, 0.4) is 0 Å². The van der Waals surface area contributed by atoms with Gasteiger partial charge in [0.2, 0.25) is 5.91 Å². The minimum absolute atomic E-state index is 0.0194. The van der Waals surface area contributed by atoms with Gasteiger partial charge in [0.1, 0.15) is 0 Å². The van der Waals surface area contributed by atoms with Crippen LogP contribution in [0, 0.1) is 6.92 Å². The lowest BCUT2D eigenvalue weighted by molar-refractivity contribution is -0.118. The zero-order chi connectivity index (χ0) is 16.7. The van der Waals surface area contributed by atoms with E-state index in [4.69, 9.17) is 4.74 Å². The second kappa shape index (κ2) is 8.74. The van der Waals surface area contributed by atoms with Gasteiger partial charge in [-0.15, -0.1) is 0 Å². The highest BCUT2D eigenvalue weighted by Crippen LogP contribution is 2.24. The number of nitrogens with one attached hydrogen (secondary N) is 1. The summed E-state index contributed by atoms with van der Waals surface area (Å²) < 4.78 is 6.97. The molecule has 2 rings (SSSR count). The molecule has 0 atom stereocenters. The number of rotatable bonds is 8. The van der Waals surface area contributed by atoms with Crippen LogP contribution in [0.15, 0.2) is 35.6 Å². The Balaban J connectivity index is 1.89. The first-order valence-corrected chi connectivity index (χ1v) is 8.57. The first-order chi connectivity index (χ1) is 11.1. The molecule has 0 aliphatic rings. The average Bonchev–Trinajstić information content (AvgIpc) is 2.91. The summed E-state index contributed by atoms with van der Waals surface area (Å²) in [6, 6.07) is 8.35. The lowest BCUT2D eigenvalue weighted by Gasteiger charge is -2.07. The number of methoxy groups -OCH3 is 1. The first-order valence-electron chi connectivity index (χ1n) is 7.59. The Bertz CT molecular complexity index is 638. The van der Waals surface area contributed by atoms with E-state index < -0.39 is 0 Å². The molecule has 2 aromatic rings. The van der Waals surface area contributed by atoms with Crippen LogP contribution in [0.25, 0.3) is 11.3 Å². The summed E-state index contributed by atoms with van der Waals surface area (Å²) in [6.45, 7) is 3.37. The molecule has 0 saturated heterocycles. The Kier molecular flexibility index (Phi) is 6.67. The number of hydrogen-bond donors (Lipinski definition) is 1. The van der Waals surface area contributed by atoms with Crippen molar-refractivity contribution >= 4 is 17.7 Å². The summed E-state index contributed by atoms with van der Waals surface area (Å²) in [4.78, 5) is 16.2. The average molecular weight is 333 g/mol. The molecule has 23 heavy (non-hydrogen) atoms. The molecule has 0 spiro atoms. The van der Waals surface area contributed by atoms with Crippen LogP contribution in [0.4, 0.5) is 0 Å². The van der Waals surface area contributed by atoms with Gasteiger partial charge in [-0.2, -0.15) is 0 Å².